The fourth-order valence-corrected chi connectivity index (χ4v) is 3.67. The Balaban J connectivity index is 1.89. The van der Waals surface area contributed by atoms with E-state index in [-0.39, 0.29) is 17.9 Å². The standard InChI is InChI=1S/C28H22ClF3N2O3/c1-3-6-20-11-19(14-25(36-2)26(20)37-17-18-7-4-9-23(29)13-18)12-21(16-33)27(35)34-24-10-5-8-22(15-24)28(30,31)32/h3-5,7-15H,1,6,17H2,2H3,(H,34,35)/b21-12+. The average molecular weight is 527 g/mol. The average Bonchev–Trinajstić information content (AvgIpc) is 2.86. The van der Waals surface area contributed by atoms with Crippen LogP contribution < -0.4 is 14.8 Å². The summed E-state index contributed by atoms with van der Waals surface area (Å²) >= 11 is 6.04. The number of amides is 1. The lowest BCUT2D eigenvalue weighted by Gasteiger charge is -2.16. The predicted molar refractivity (Wildman–Crippen MR) is 136 cm³/mol. The molecule has 0 unspecified atom stereocenters. The van der Waals surface area contributed by atoms with Gasteiger partial charge in [-0.1, -0.05) is 35.9 Å². The van der Waals surface area contributed by atoms with Gasteiger partial charge in [0.1, 0.15) is 18.2 Å². The van der Waals surface area contributed by atoms with Gasteiger partial charge in [0.15, 0.2) is 11.5 Å². The molecule has 0 radical (unpaired) electrons. The highest BCUT2D eigenvalue weighted by molar-refractivity contribution is 6.30. The third-order valence-electron chi connectivity index (χ3n) is 5.13. The molecule has 0 aliphatic carbocycles. The SMILES string of the molecule is C=CCc1cc(/C=C(\C#N)C(=O)Nc2cccc(C(F)(F)F)c2)cc(OC)c1OCc1cccc(Cl)c1. The van der Waals surface area contributed by atoms with Crippen molar-refractivity contribution in [3.8, 4) is 17.6 Å². The van der Waals surface area contributed by atoms with Crippen molar-refractivity contribution in [2.75, 3.05) is 12.4 Å². The summed E-state index contributed by atoms with van der Waals surface area (Å²) in [4.78, 5) is 12.7. The molecule has 3 aromatic carbocycles. The van der Waals surface area contributed by atoms with Gasteiger partial charge < -0.3 is 14.8 Å². The van der Waals surface area contributed by atoms with Gasteiger partial charge in [0.25, 0.3) is 5.91 Å². The number of hydrogen-bond acceptors (Lipinski definition) is 4. The minimum atomic E-state index is -4.57. The van der Waals surface area contributed by atoms with Crippen LogP contribution in [0.4, 0.5) is 18.9 Å². The highest BCUT2D eigenvalue weighted by atomic mass is 35.5. The van der Waals surface area contributed by atoms with E-state index in [2.05, 4.69) is 11.9 Å². The fraction of sp³-hybridized carbons (Fsp3) is 0.143. The van der Waals surface area contributed by atoms with Crippen LogP contribution in [0.1, 0.15) is 22.3 Å². The molecule has 1 N–H and O–H groups in total. The summed E-state index contributed by atoms with van der Waals surface area (Å²) in [6, 6.07) is 16.5. The fourth-order valence-electron chi connectivity index (χ4n) is 3.46. The maximum Gasteiger partial charge on any atom is 0.416 e. The van der Waals surface area contributed by atoms with Gasteiger partial charge >= 0.3 is 6.18 Å². The molecule has 0 saturated heterocycles. The highest BCUT2D eigenvalue weighted by Gasteiger charge is 2.30. The Kier molecular flexibility index (Phi) is 8.99. The quantitative estimate of drug-likeness (QED) is 0.181. The highest BCUT2D eigenvalue weighted by Crippen LogP contribution is 2.35. The molecule has 0 atom stereocenters. The second-order valence-corrected chi connectivity index (χ2v) is 8.26. The first kappa shape index (κ1) is 27.4. The number of rotatable bonds is 9. The van der Waals surface area contributed by atoms with Gasteiger partial charge in [0, 0.05) is 16.3 Å². The molecule has 0 aliphatic heterocycles. The van der Waals surface area contributed by atoms with Gasteiger partial charge in [-0.2, -0.15) is 18.4 Å². The third-order valence-corrected chi connectivity index (χ3v) is 5.37. The molecule has 0 fully saturated rings. The van der Waals surface area contributed by atoms with Crippen LogP contribution in [-0.4, -0.2) is 13.0 Å². The van der Waals surface area contributed by atoms with Crippen molar-refractivity contribution < 1.29 is 27.4 Å². The summed E-state index contributed by atoms with van der Waals surface area (Å²) in [6.07, 6.45) is -1.18. The number of nitrogens with zero attached hydrogens (tertiary/aromatic N) is 1. The number of methoxy groups -OCH3 is 1. The lowest BCUT2D eigenvalue weighted by molar-refractivity contribution is -0.137. The number of nitrogens with one attached hydrogen (secondary N) is 1. The molecular formula is C28H22ClF3N2O3. The van der Waals surface area contributed by atoms with E-state index in [1.54, 1.807) is 36.4 Å². The normalized spacial score (nSPS) is 11.4. The van der Waals surface area contributed by atoms with Gasteiger partial charge in [-0.15, -0.1) is 6.58 Å². The van der Waals surface area contributed by atoms with Crippen molar-refractivity contribution in [2.24, 2.45) is 0 Å². The van der Waals surface area contributed by atoms with Crippen molar-refractivity contribution >= 4 is 29.3 Å². The van der Waals surface area contributed by atoms with E-state index >= 15 is 0 Å². The molecule has 0 bridgehead atoms. The topological polar surface area (TPSA) is 71.4 Å². The zero-order valence-electron chi connectivity index (χ0n) is 19.7. The first-order valence-corrected chi connectivity index (χ1v) is 11.3. The van der Waals surface area contributed by atoms with Gasteiger partial charge in [0.05, 0.1) is 12.7 Å². The van der Waals surface area contributed by atoms with E-state index in [9.17, 15) is 23.2 Å². The Hall–Kier alpha value is -4.22. The van der Waals surface area contributed by atoms with Gasteiger partial charge in [-0.05, 0) is 66.1 Å². The molecule has 0 aliphatic rings. The Bertz CT molecular complexity index is 1380. The van der Waals surface area contributed by atoms with Crippen LogP contribution in [0.2, 0.25) is 5.02 Å². The zero-order chi connectivity index (χ0) is 27.0. The van der Waals surface area contributed by atoms with Crippen molar-refractivity contribution in [3.63, 3.8) is 0 Å². The molecule has 0 aromatic heterocycles. The maximum atomic E-state index is 13.0. The number of benzene rings is 3. The number of carbonyl (C=O) groups excluding carboxylic acids is 1. The largest absolute Gasteiger partial charge is 0.493 e. The van der Waals surface area contributed by atoms with Crippen molar-refractivity contribution in [1.82, 2.24) is 0 Å². The van der Waals surface area contributed by atoms with E-state index in [4.69, 9.17) is 21.1 Å². The maximum absolute atomic E-state index is 13.0. The monoisotopic (exact) mass is 526 g/mol. The molecule has 3 aromatic rings. The van der Waals surface area contributed by atoms with Crippen LogP contribution in [0, 0.1) is 11.3 Å². The molecular weight excluding hydrogens is 505 g/mol. The van der Waals surface area contributed by atoms with E-state index < -0.39 is 17.6 Å². The molecule has 190 valence electrons. The first-order chi connectivity index (χ1) is 17.6. The van der Waals surface area contributed by atoms with E-state index in [0.717, 1.165) is 17.7 Å². The van der Waals surface area contributed by atoms with Crippen LogP contribution >= 0.6 is 11.6 Å². The van der Waals surface area contributed by atoms with E-state index in [0.29, 0.717) is 34.1 Å². The summed E-state index contributed by atoms with van der Waals surface area (Å²) in [7, 11) is 1.46. The molecule has 9 heteroatoms. The van der Waals surface area contributed by atoms with Gasteiger partial charge in [-0.3, -0.25) is 4.79 Å². The summed E-state index contributed by atoms with van der Waals surface area (Å²) in [6.45, 7) is 3.98. The third kappa shape index (κ3) is 7.38. The number of alkyl halides is 3. The number of halogens is 4. The van der Waals surface area contributed by atoms with Gasteiger partial charge in [-0.25, -0.2) is 0 Å². The van der Waals surface area contributed by atoms with E-state index in [1.165, 1.54) is 25.3 Å². The second kappa shape index (κ2) is 12.2. The Morgan fingerprint density at radius 1 is 1.16 bits per heavy atom. The summed E-state index contributed by atoms with van der Waals surface area (Å²) in [5.41, 5.74) is 0.686. The molecule has 0 spiro atoms. The minimum absolute atomic E-state index is 0.0873. The van der Waals surface area contributed by atoms with Crippen molar-refractivity contribution in [2.45, 2.75) is 19.2 Å². The number of carbonyl (C=O) groups is 1. The Morgan fingerprint density at radius 3 is 2.57 bits per heavy atom. The molecule has 0 saturated carbocycles. The number of anilines is 1. The summed E-state index contributed by atoms with van der Waals surface area (Å²) < 4.78 is 50.5. The van der Waals surface area contributed by atoms with E-state index in [1.807, 2.05) is 12.1 Å². The lowest BCUT2D eigenvalue weighted by Crippen LogP contribution is -2.14. The van der Waals surface area contributed by atoms with Crippen LogP contribution in [0.5, 0.6) is 11.5 Å². The van der Waals surface area contributed by atoms with Crippen LogP contribution in [0.15, 0.2) is 78.9 Å². The van der Waals surface area contributed by atoms with Gasteiger partial charge in [0.2, 0.25) is 0 Å². The molecule has 0 heterocycles. The number of ether oxygens (including phenoxy) is 2. The van der Waals surface area contributed by atoms with Crippen LogP contribution in [0.25, 0.3) is 6.08 Å². The molecule has 1 amide bonds. The molecule has 5 nitrogen and oxygen atoms in total. The molecule has 3 rings (SSSR count). The lowest BCUT2D eigenvalue weighted by atomic mass is 10.0. The van der Waals surface area contributed by atoms with Crippen LogP contribution in [0.3, 0.4) is 0 Å². The summed E-state index contributed by atoms with van der Waals surface area (Å²) in [5, 5.41) is 12.5. The predicted octanol–water partition coefficient (Wildman–Crippen LogP) is 7.22. The second-order valence-electron chi connectivity index (χ2n) is 7.83. The Morgan fingerprint density at radius 2 is 1.92 bits per heavy atom. The number of hydrogen-bond donors (Lipinski definition) is 1. The van der Waals surface area contributed by atoms with Crippen LogP contribution in [-0.2, 0) is 24.0 Å². The number of allylic oxidation sites excluding steroid dienone is 1. The Labute approximate surface area is 217 Å². The van der Waals surface area contributed by atoms with Crippen molar-refractivity contribution in [1.29, 1.82) is 5.26 Å². The zero-order valence-corrected chi connectivity index (χ0v) is 20.5. The first-order valence-electron chi connectivity index (χ1n) is 10.9. The number of nitriles is 1. The van der Waals surface area contributed by atoms with Crippen molar-refractivity contribution in [3.05, 3.63) is 106 Å². The summed E-state index contributed by atoms with van der Waals surface area (Å²) in [5.74, 6) is -0.0259. The minimum Gasteiger partial charge on any atom is -0.493 e. The smallest absolute Gasteiger partial charge is 0.416 e. The molecule has 37 heavy (non-hydrogen) atoms.